The number of nitrogens with one attached hydrogen (secondary N) is 1. The van der Waals surface area contributed by atoms with Gasteiger partial charge in [-0.1, -0.05) is 6.42 Å². The first kappa shape index (κ1) is 13.8. The number of nitrogens with zero attached hydrogens (tertiary/aromatic N) is 1. The topological polar surface area (TPSA) is 77.1 Å². The molecule has 0 spiro atoms. The Morgan fingerprint density at radius 3 is 2.89 bits per heavy atom. The predicted octanol–water partition coefficient (Wildman–Crippen LogP) is 1.32. The third-order valence-electron chi connectivity index (χ3n) is 3.77. The lowest BCUT2D eigenvalue weighted by molar-refractivity contribution is -0.117. The fourth-order valence-electron chi connectivity index (χ4n) is 2.62. The molecule has 0 bridgehead atoms. The van der Waals surface area contributed by atoms with E-state index in [-0.39, 0.29) is 23.4 Å². The van der Waals surface area contributed by atoms with Crippen LogP contribution >= 0.6 is 0 Å². The number of pyridine rings is 1. The molecular weight excluding hydrogens is 242 g/mol. The molecule has 19 heavy (non-hydrogen) atoms. The van der Waals surface area contributed by atoms with E-state index < -0.39 is 0 Å². The van der Waals surface area contributed by atoms with Gasteiger partial charge in [-0.15, -0.1) is 0 Å². The molecule has 2 atom stereocenters. The number of hydrogen-bond acceptors (Lipinski definition) is 3. The van der Waals surface area contributed by atoms with E-state index in [1.54, 1.807) is 16.8 Å². The van der Waals surface area contributed by atoms with Gasteiger partial charge in [0, 0.05) is 31.3 Å². The van der Waals surface area contributed by atoms with Gasteiger partial charge in [0.25, 0.3) is 5.56 Å². The lowest BCUT2D eigenvalue weighted by atomic mass is 10.00. The molecule has 1 aromatic heterocycles. The molecule has 0 unspecified atom stereocenters. The fourth-order valence-corrected chi connectivity index (χ4v) is 2.62. The van der Waals surface area contributed by atoms with E-state index in [1.165, 1.54) is 6.07 Å². The summed E-state index contributed by atoms with van der Waals surface area (Å²) in [5, 5.41) is 2.84. The van der Waals surface area contributed by atoms with Crippen LogP contribution in [0.1, 0.15) is 32.6 Å². The molecule has 0 aromatic carbocycles. The highest BCUT2D eigenvalue weighted by atomic mass is 16.1. The highest BCUT2D eigenvalue weighted by Gasteiger charge is 2.25. The Hall–Kier alpha value is -1.62. The van der Waals surface area contributed by atoms with E-state index in [1.807, 2.05) is 6.92 Å². The second-order valence-electron chi connectivity index (χ2n) is 5.15. The molecule has 0 saturated heterocycles. The number of hydrogen-bond donors (Lipinski definition) is 2. The average Bonchev–Trinajstić information content (AvgIpc) is 2.77. The number of carbonyl (C=O) groups is 1. The van der Waals surface area contributed by atoms with Gasteiger partial charge < -0.3 is 15.6 Å². The quantitative estimate of drug-likeness (QED) is 0.860. The molecule has 1 heterocycles. The molecule has 1 amide bonds. The Labute approximate surface area is 112 Å². The first-order valence-electron chi connectivity index (χ1n) is 6.86. The van der Waals surface area contributed by atoms with Crippen molar-refractivity contribution in [3.63, 3.8) is 0 Å². The lowest BCUT2D eigenvalue weighted by Crippen LogP contribution is -2.28. The maximum Gasteiger partial charge on any atom is 0.250 e. The van der Waals surface area contributed by atoms with Crippen molar-refractivity contribution in [1.82, 2.24) is 4.57 Å². The monoisotopic (exact) mass is 263 g/mol. The number of nitrogens with two attached hydrogens (primary N) is 1. The zero-order valence-electron chi connectivity index (χ0n) is 11.3. The summed E-state index contributed by atoms with van der Waals surface area (Å²) >= 11 is 0. The highest BCUT2D eigenvalue weighted by Crippen LogP contribution is 2.27. The van der Waals surface area contributed by atoms with Gasteiger partial charge in [-0.05, 0) is 31.7 Å². The van der Waals surface area contributed by atoms with E-state index in [2.05, 4.69) is 5.32 Å². The summed E-state index contributed by atoms with van der Waals surface area (Å²) in [6.07, 6.45) is 5.29. The minimum atomic E-state index is -0.0571. The van der Waals surface area contributed by atoms with Crippen molar-refractivity contribution >= 4 is 11.6 Å². The number of carbonyl (C=O) groups excluding carboxylic acids is 1. The van der Waals surface area contributed by atoms with E-state index >= 15 is 0 Å². The fraction of sp³-hybridized carbons (Fsp3) is 0.571. The zero-order valence-corrected chi connectivity index (χ0v) is 11.3. The van der Waals surface area contributed by atoms with Gasteiger partial charge in [0.05, 0.1) is 5.69 Å². The summed E-state index contributed by atoms with van der Waals surface area (Å²) in [4.78, 5) is 23.4. The average molecular weight is 263 g/mol. The van der Waals surface area contributed by atoms with Crippen LogP contribution in [0.4, 0.5) is 5.69 Å². The first-order valence-corrected chi connectivity index (χ1v) is 6.86. The normalized spacial score (nSPS) is 22.4. The van der Waals surface area contributed by atoms with E-state index in [0.29, 0.717) is 18.7 Å². The molecule has 1 saturated carbocycles. The maximum atomic E-state index is 11.9. The Bertz CT molecular complexity index is 510. The van der Waals surface area contributed by atoms with Crippen LogP contribution in [0.15, 0.2) is 23.1 Å². The molecule has 3 N–H and O–H groups in total. The van der Waals surface area contributed by atoms with Crippen molar-refractivity contribution in [2.24, 2.45) is 11.7 Å². The molecule has 1 aromatic rings. The SMILES string of the molecule is CCn1cc(NC(=O)C[C@@H]2CCC[C@H]2N)ccc1=O. The number of aryl methyl sites for hydroxylation is 1. The second kappa shape index (κ2) is 6.02. The number of anilines is 1. The predicted molar refractivity (Wildman–Crippen MR) is 74.9 cm³/mol. The largest absolute Gasteiger partial charge is 0.327 e. The van der Waals surface area contributed by atoms with Crippen molar-refractivity contribution in [1.29, 1.82) is 0 Å². The molecule has 1 fully saturated rings. The minimum absolute atomic E-state index is 0.0244. The summed E-state index contributed by atoms with van der Waals surface area (Å²) in [6.45, 7) is 2.49. The molecule has 0 aliphatic heterocycles. The molecule has 5 heteroatoms. The van der Waals surface area contributed by atoms with Crippen LogP contribution in [0, 0.1) is 5.92 Å². The molecular formula is C14H21N3O2. The molecule has 2 rings (SSSR count). The van der Waals surface area contributed by atoms with Gasteiger partial charge in [0.2, 0.25) is 5.91 Å². The number of aromatic nitrogens is 1. The van der Waals surface area contributed by atoms with Crippen molar-refractivity contribution in [3.05, 3.63) is 28.7 Å². The van der Waals surface area contributed by atoms with Gasteiger partial charge in [-0.25, -0.2) is 0 Å². The van der Waals surface area contributed by atoms with Gasteiger partial charge in [-0.2, -0.15) is 0 Å². The standard InChI is InChI=1S/C14H21N3O2/c1-2-17-9-11(6-7-14(17)19)16-13(18)8-10-4-3-5-12(10)15/h6-7,9-10,12H,2-5,8,15H2,1H3,(H,16,18)/t10-,12+/m0/s1. The van der Waals surface area contributed by atoms with E-state index in [4.69, 9.17) is 5.73 Å². The van der Waals surface area contributed by atoms with Gasteiger partial charge >= 0.3 is 0 Å². The maximum absolute atomic E-state index is 11.9. The van der Waals surface area contributed by atoms with Crippen LogP contribution in [0.5, 0.6) is 0 Å². The molecule has 5 nitrogen and oxygen atoms in total. The summed E-state index contributed by atoms with van der Waals surface area (Å²) in [6, 6.07) is 3.26. The highest BCUT2D eigenvalue weighted by molar-refractivity contribution is 5.90. The van der Waals surface area contributed by atoms with Gasteiger partial charge in [0.15, 0.2) is 0 Å². The summed E-state index contributed by atoms with van der Waals surface area (Å²) in [5.74, 6) is 0.265. The lowest BCUT2D eigenvalue weighted by Gasteiger charge is -2.15. The zero-order chi connectivity index (χ0) is 13.8. The Kier molecular flexibility index (Phi) is 4.37. The third kappa shape index (κ3) is 3.44. The van der Waals surface area contributed by atoms with E-state index in [0.717, 1.165) is 19.3 Å². The summed E-state index contributed by atoms with van der Waals surface area (Å²) in [7, 11) is 0. The van der Waals surface area contributed by atoms with Gasteiger partial charge in [0.1, 0.15) is 0 Å². The molecule has 104 valence electrons. The molecule has 0 radical (unpaired) electrons. The molecule has 1 aliphatic rings. The Balaban J connectivity index is 1.97. The van der Waals surface area contributed by atoms with Crippen molar-refractivity contribution in [3.8, 4) is 0 Å². The summed E-state index contributed by atoms with van der Waals surface area (Å²) in [5.41, 5.74) is 6.57. The van der Waals surface area contributed by atoms with Crippen molar-refractivity contribution in [2.75, 3.05) is 5.32 Å². The van der Waals surface area contributed by atoms with Gasteiger partial charge in [-0.3, -0.25) is 9.59 Å². The Morgan fingerprint density at radius 2 is 2.26 bits per heavy atom. The molecule has 1 aliphatic carbocycles. The number of rotatable bonds is 4. The smallest absolute Gasteiger partial charge is 0.250 e. The Morgan fingerprint density at radius 1 is 1.47 bits per heavy atom. The van der Waals surface area contributed by atoms with Crippen LogP contribution in [-0.2, 0) is 11.3 Å². The van der Waals surface area contributed by atoms with E-state index in [9.17, 15) is 9.59 Å². The third-order valence-corrected chi connectivity index (χ3v) is 3.77. The minimum Gasteiger partial charge on any atom is -0.327 e. The van der Waals surface area contributed by atoms with Crippen LogP contribution in [-0.4, -0.2) is 16.5 Å². The summed E-state index contributed by atoms with van der Waals surface area (Å²) < 4.78 is 1.57. The van der Waals surface area contributed by atoms with Crippen LogP contribution in [0.2, 0.25) is 0 Å². The van der Waals surface area contributed by atoms with Crippen LogP contribution in [0.25, 0.3) is 0 Å². The van der Waals surface area contributed by atoms with Crippen LogP contribution < -0.4 is 16.6 Å². The second-order valence-corrected chi connectivity index (χ2v) is 5.15. The first-order chi connectivity index (χ1) is 9.10. The number of amides is 1. The van der Waals surface area contributed by atoms with Crippen molar-refractivity contribution < 1.29 is 4.79 Å². The van der Waals surface area contributed by atoms with Crippen LogP contribution in [0.3, 0.4) is 0 Å². The van der Waals surface area contributed by atoms with Crippen molar-refractivity contribution in [2.45, 2.75) is 45.2 Å².